The molecule has 0 saturated carbocycles. The second-order valence-electron chi connectivity index (χ2n) is 8.51. The Bertz CT molecular complexity index is 910. The number of amidine groups is 1. The van der Waals surface area contributed by atoms with E-state index in [1.807, 2.05) is 53.4 Å². The summed E-state index contributed by atoms with van der Waals surface area (Å²) in [5.41, 5.74) is 2.33. The van der Waals surface area contributed by atoms with Crippen LogP contribution in [-0.2, 0) is 4.79 Å². The van der Waals surface area contributed by atoms with Gasteiger partial charge in [0.25, 0.3) is 0 Å². The highest BCUT2D eigenvalue weighted by Crippen LogP contribution is 2.41. The first kappa shape index (κ1) is 19.6. The fourth-order valence-electron chi connectivity index (χ4n) is 4.42. The third-order valence-electron chi connectivity index (χ3n) is 6.03. The first-order valence-corrected chi connectivity index (χ1v) is 10.3. The molecule has 0 aromatic heterocycles. The molecule has 0 aliphatic carbocycles. The summed E-state index contributed by atoms with van der Waals surface area (Å²) in [4.78, 5) is 22.8. The average molecular weight is 392 g/mol. The highest BCUT2D eigenvalue weighted by Gasteiger charge is 2.55. The number of hydrogen-bond acceptors (Lipinski definition) is 4. The van der Waals surface area contributed by atoms with Crippen molar-refractivity contribution in [2.24, 2.45) is 10.4 Å². The Kier molecular flexibility index (Phi) is 5.17. The summed E-state index contributed by atoms with van der Waals surface area (Å²) in [5.74, 6) is 1.71. The van der Waals surface area contributed by atoms with Crippen molar-refractivity contribution in [3.63, 3.8) is 0 Å². The SMILES string of the molecule is COc1ccc(N=C2C(N3CCCC3)C(C)(C)C(=O)N2c2ccc(C)cc2)cc1. The van der Waals surface area contributed by atoms with Gasteiger partial charge in [-0.15, -0.1) is 0 Å². The minimum atomic E-state index is -0.541. The fourth-order valence-corrected chi connectivity index (χ4v) is 4.42. The monoisotopic (exact) mass is 391 g/mol. The van der Waals surface area contributed by atoms with Crippen molar-refractivity contribution >= 4 is 23.1 Å². The number of amides is 1. The number of aryl methyl sites for hydroxylation is 1. The molecule has 5 nitrogen and oxygen atoms in total. The van der Waals surface area contributed by atoms with Crippen molar-refractivity contribution in [3.8, 4) is 5.75 Å². The van der Waals surface area contributed by atoms with Crippen LogP contribution < -0.4 is 9.64 Å². The standard InChI is InChI=1S/C24H29N3O2/c1-17-7-11-19(12-8-17)27-22(25-18-9-13-20(29-4)14-10-18)21(24(2,3)23(27)28)26-15-5-6-16-26/h7-14,21H,5-6,15-16H2,1-4H3. The summed E-state index contributed by atoms with van der Waals surface area (Å²) >= 11 is 0. The van der Waals surface area contributed by atoms with E-state index in [0.29, 0.717) is 0 Å². The Balaban J connectivity index is 1.83. The third-order valence-corrected chi connectivity index (χ3v) is 6.03. The van der Waals surface area contributed by atoms with Gasteiger partial charge in [0, 0.05) is 0 Å². The number of methoxy groups -OCH3 is 1. The Morgan fingerprint density at radius 1 is 1.00 bits per heavy atom. The van der Waals surface area contributed by atoms with Crippen LogP contribution in [0.3, 0.4) is 0 Å². The number of benzene rings is 2. The van der Waals surface area contributed by atoms with Crippen molar-refractivity contribution in [1.29, 1.82) is 0 Å². The highest BCUT2D eigenvalue weighted by atomic mass is 16.5. The Morgan fingerprint density at radius 3 is 2.21 bits per heavy atom. The van der Waals surface area contributed by atoms with Crippen LogP contribution >= 0.6 is 0 Å². The predicted molar refractivity (Wildman–Crippen MR) is 117 cm³/mol. The summed E-state index contributed by atoms with van der Waals surface area (Å²) in [5, 5.41) is 0. The van der Waals surface area contributed by atoms with E-state index in [4.69, 9.17) is 9.73 Å². The van der Waals surface area contributed by atoms with Crippen LogP contribution in [0.15, 0.2) is 53.5 Å². The van der Waals surface area contributed by atoms with Crippen molar-refractivity contribution < 1.29 is 9.53 Å². The number of nitrogens with zero attached hydrogens (tertiary/aromatic N) is 3. The van der Waals surface area contributed by atoms with Crippen LogP contribution in [0.2, 0.25) is 0 Å². The molecule has 2 aromatic carbocycles. The van der Waals surface area contributed by atoms with Gasteiger partial charge in [0.15, 0.2) is 0 Å². The number of carbonyl (C=O) groups is 1. The molecule has 0 N–H and O–H groups in total. The quantitative estimate of drug-likeness (QED) is 0.767. The smallest absolute Gasteiger partial charge is 0.240 e. The molecule has 5 heteroatoms. The molecule has 2 heterocycles. The van der Waals surface area contributed by atoms with Crippen molar-refractivity contribution in [3.05, 3.63) is 54.1 Å². The number of anilines is 1. The maximum atomic E-state index is 13.6. The van der Waals surface area contributed by atoms with Crippen LogP contribution in [-0.4, -0.2) is 42.9 Å². The summed E-state index contributed by atoms with van der Waals surface area (Å²) < 4.78 is 5.27. The van der Waals surface area contributed by atoms with Crippen LogP contribution in [0.4, 0.5) is 11.4 Å². The lowest BCUT2D eigenvalue weighted by Crippen LogP contribution is -2.46. The van der Waals surface area contributed by atoms with Crippen molar-refractivity contribution in [2.45, 2.75) is 39.7 Å². The summed E-state index contributed by atoms with van der Waals surface area (Å²) in [7, 11) is 1.65. The molecule has 2 aliphatic heterocycles. The van der Waals surface area contributed by atoms with E-state index in [1.54, 1.807) is 7.11 Å². The van der Waals surface area contributed by atoms with Crippen molar-refractivity contribution in [1.82, 2.24) is 4.90 Å². The van der Waals surface area contributed by atoms with Gasteiger partial charge in [-0.1, -0.05) is 17.7 Å². The summed E-state index contributed by atoms with van der Waals surface area (Å²) in [6, 6.07) is 15.8. The Morgan fingerprint density at radius 2 is 1.62 bits per heavy atom. The lowest BCUT2D eigenvalue weighted by atomic mass is 9.85. The molecule has 4 rings (SSSR count). The van der Waals surface area contributed by atoms with Gasteiger partial charge >= 0.3 is 0 Å². The molecule has 2 saturated heterocycles. The minimum absolute atomic E-state index is 0.0408. The van der Waals surface area contributed by atoms with Gasteiger partial charge in [-0.2, -0.15) is 0 Å². The number of aliphatic imine (C=N–C) groups is 1. The average Bonchev–Trinajstić information content (AvgIpc) is 3.29. The first-order valence-electron chi connectivity index (χ1n) is 10.3. The van der Waals surface area contributed by atoms with E-state index in [-0.39, 0.29) is 11.9 Å². The summed E-state index contributed by atoms with van der Waals surface area (Å²) in [6.07, 6.45) is 2.34. The predicted octanol–water partition coefficient (Wildman–Crippen LogP) is 4.57. The zero-order valence-corrected chi connectivity index (χ0v) is 17.7. The number of ether oxygens (including phenoxy) is 1. The largest absolute Gasteiger partial charge is 0.497 e. The molecule has 2 fully saturated rings. The topological polar surface area (TPSA) is 45.1 Å². The highest BCUT2D eigenvalue weighted by molar-refractivity contribution is 6.27. The molecule has 1 amide bonds. The maximum Gasteiger partial charge on any atom is 0.240 e. The van der Waals surface area contributed by atoms with E-state index >= 15 is 0 Å². The van der Waals surface area contributed by atoms with Gasteiger partial charge in [-0.3, -0.25) is 14.6 Å². The fraction of sp³-hybridized carbons (Fsp3) is 0.417. The molecule has 29 heavy (non-hydrogen) atoms. The molecular formula is C24H29N3O2. The summed E-state index contributed by atoms with van der Waals surface area (Å²) in [6.45, 7) is 8.17. The van der Waals surface area contributed by atoms with E-state index in [1.165, 1.54) is 18.4 Å². The third kappa shape index (κ3) is 3.55. The van der Waals surface area contributed by atoms with Crippen molar-refractivity contribution in [2.75, 3.05) is 25.1 Å². The first-order chi connectivity index (χ1) is 13.9. The molecule has 1 atom stereocenters. The van der Waals surface area contributed by atoms with E-state index in [9.17, 15) is 4.79 Å². The molecule has 2 aromatic rings. The second kappa shape index (κ2) is 7.64. The number of likely N-dealkylation sites (tertiary alicyclic amines) is 1. The van der Waals surface area contributed by atoms with Crippen LogP contribution in [0.5, 0.6) is 5.75 Å². The molecular weight excluding hydrogens is 362 g/mol. The molecule has 152 valence electrons. The van der Waals surface area contributed by atoms with Gasteiger partial charge in [-0.05, 0) is 83.1 Å². The van der Waals surface area contributed by atoms with Gasteiger partial charge in [0.05, 0.1) is 29.9 Å². The van der Waals surface area contributed by atoms with Crippen LogP contribution in [0, 0.1) is 12.3 Å². The number of carbonyl (C=O) groups excluding carboxylic acids is 1. The Hall–Kier alpha value is -2.66. The number of rotatable bonds is 4. The van der Waals surface area contributed by atoms with Gasteiger partial charge in [0.2, 0.25) is 5.91 Å². The van der Waals surface area contributed by atoms with Crippen LogP contribution in [0.1, 0.15) is 32.3 Å². The van der Waals surface area contributed by atoms with Gasteiger partial charge in [0.1, 0.15) is 11.6 Å². The molecule has 0 bridgehead atoms. The van der Waals surface area contributed by atoms with Crippen LogP contribution in [0.25, 0.3) is 0 Å². The number of hydrogen-bond donors (Lipinski definition) is 0. The zero-order valence-electron chi connectivity index (χ0n) is 17.7. The maximum absolute atomic E-state index is 13.6. The normalized spacial score (nSPS) is 23.2. The molecule has 0 radical (unpaired) electrons. The molecule has 0 spiro atoms. The Labute approximate surface area is 173 Å². The lowest BCUT2D eigenvalue weighted by molar-refractivity contribution is -0.125. The molecule has 1 unspecified atom stereocenters. The van der Waals surface area contributed by atoms with E-state index < -0.39 is 5.41 Å². The van der Waals surface area contributed by atoms with Gasteiger partial charge in [-0.25, -0.2) is 4.99 Å². The van der Waals surface area contributed by atoms with E-state index in [2.05, 4.69) is 25.7 Å². The minimum Gasteiger partial charge on any atom is -0.497 e. The lowest BCUT2D eigenvalue weighted by Gasteiger charge is -2.31. The van der Waals surface area contributed by atoms with E-state index in [0.717, 1.165) is 36.0 Å². The second-order valence-corrected chi connectivity index (χ2v) is 8.51. The molecule has 2 aliphatic rings. The van der Waals surface area contributed by atoms with Gasteiger partial charge < -0.3 is 4.74 Å². The zero-order chi connectivity index (χ0) is 20.6.